The molecular weight excluding hydrogens is 400 g/mol. The van der Waals surface area contributed by atoms with Gasteiger partial charge in [0.1, 0.15) is 48.8 Å². The van der Waals surface area contributed by atoms with Crippen molar-refractivity contribution in [1.82, 2.24) is 0 Å². The van der Waals surface area contributed by atoms with Crippen LogP contribution in [0.15, 0.2) is 0 Å². The van der Waals surface area contributed by atoms with Crippen LogP contribution in [0.1, 0.15) is 6.92 Å². The number of carbonyl (C=O) groups is 1. The molecule has 2 heterocycles. The van der Waals surface area contributed by atoms with Gasteiger partial charge in [-0.2, -0.15) is 0 Å². The van der Waals surface area contributed by atoms with Crippen LogP contribution in [0.4, 0.5) is 0 Å². The van der Waals surface area contributed by atoms with E-state index in [9.17, 15) is 40.5 Å². The van der Waals surface area contributed by atoms with Gasteiger partial charge in [0.2, 0.25) is 0 Å². The molecule has 0 radical (unpaired) electrons. The molecule has 2 aliphatic rings. The highest BCUT2D eigenvalue weighted by Crippen LogP contribution is 2.28. The van der Waals surface area contributed by atoms with E-state index in [2.05, 4.69) is 0 Å². The average Bonchev–Trinajstić information content (AvgIpc) is 2.69. The minimum atomic E-state index is -1.77. The quantitative estimate of drug-likeness (QED) is 0.183. The highest BCUT2D eigenvalue weighted by molar-refractivity contribution is 5.69. The Morgan fingerprint density at radius 3 is 2.17 bits per heavy atom. The molecule has 2 aliphatic heterocycles. The van der Waals surface area contributed by atoms with E-state index in [1.54, 1.807) is 0 Å². The second-order valence-corrected chi connectivity index (χ2v) is 7.12. The summed E-state index contributed by atoms with van der Waals surface area (Å²) >= 11 is 0. The Morgan fingerprint density at radius 2 is 1.59 bits per heavy atom. The largest absolute Gasteiger partial charge is 0.481 e. The van der Waals surface area contributed by atoms with Gasteiger partial charge in [0.05, 0.1) is 25.7 Å². The fourth-order valence-corrected chi connectivity index (χ4v) is 2.99. The van der Waals surface area contributed by atoms with Gasteiger partial charge < -0.3 is 59.8 Å². The lowest BCUT2D eigenvalue weighted by Crippen LogP contribution is -2.64. The number of carboxylic acids is 1. The Morgan fingerprint density at radius 1 is 0.931 bits per heavy atom. The topological polar surface area (TPSA) is 216 Å². The first-order chi connectivity index (χ1) is 13.6. The first-order valence-corrected chi connectivity index (χ1v) is 9.04. The normalized spacial score (nSPS) is 44.4. The van der Waals surface area contributed by atoms with Crippen molar-refractivity contribution in [3.05, 3.63) is 0 Å². The van der Waals surface area contributed by atoms with Crippen LogP contribution in [0.25, 0.3) is 0 Å². The second kappa shape index (κ2) is 10.4. The van der Waals surface area contributed by atoms with Gasteiger partial charge in [-0.3, -0.25) is 4.79 Å². The van der Waals surface area contributed by atoms with Crippen LogP contribution >= 0.6 is 0 Å². The second-order valence-electron chi connectivity index (χ2n) is 7.12. The Bertz CT molecular complexity index is 531. The molecule has 13 heteroatoms. The van der Waals surface area contributed by atoms with Crippen molar-refractivity contribution in [2.75, 3.05) is 19.8 Å². The Balaban J connectivity index is 2.03. The van der Waals surface area contributed by atoms with Crippen molar-refractivity contribution >= 4 is 5.97 Å². The molecule has 0 saturated carbocycles. The molecule has 0 aromatic carbocycles. The van der Waals surface area contributed by atoms with Crippen molar-refractivity contribution in [1.29, 1.82) is 0 Å². The van der Waals surface area contributed by atoms with E-state index in [1.807, 2.05) is 0 Å². The van der Waals surface area contributed by atoms with Gasteiger partial charge in [-0.1, -0.05) is 0 Å². The molecule has 0 amide bonds. The molecule has 13 nitrogen and oxygen atoms in total. The molecule has 0 bridgehead atoms. The smallest absolute Gasteiger partial charge is 0.308 e. The highest BCUT2D eigenvalue weighted by Gasteiger charge is 2.50. The average molecular weight is 428 g/mol. The maximum Gasteiger partial charge on any atom is 0.308 e. The molecule has 11 atom stereocenters. The first-order valence-electron chi connectivity index (χ1n) is 9.04. The van der Waals surface area contributed by atoms with Crippen LogP contribution in [-0.2, 0) is 23.7 Å². The zero-order chi connectivity index (χ0) is 21.9. The van der Waals surface area contributed by atoms with Gasteiger partial charge in [0, 0.05) is 0 Å². The van der Waals surface area contributed by atoms with E-state index in [1.165, 1.54) is 6.92 Å². The lowest BCUT2D eigenvalue weighted by atomic mass is 9.97. The summed E-state index contributed by atoms with van der Waals surface area (Å²) in [5, 5.41) is 77.8. The van der Waals surface area contributed by atoms with E-state index >= 15 is 0 Å². The minimum Gasteiger partial charge on any atom is -0.481 e. The Kier molecular flexibility index (Phi) is 8.69. The summed E-state index contributed by atoms with van der Waals surface area (Å²) in [5.41, 5.74) is 0. The number of rotatable bonds is 8. The van der Waals surface area contributed by atoms with Crippen LogP contribution < -0.4 is 0 Å². The van der Waals surface area contributed by atoms with Crippen LogP contribution in [0.2, 0.25) is 0 Å². The summed E-state index contributed by atoms with van der Waals surface area (Å²) < 4.78 is 20.9. The molecule has 29 heavy (non-hydrogen) atoms. The maximum absolute atomic E-state index is 10.8. The molecule has 0 aromatic heterocycles. The summed E-state index contributed by atoms with van der Waals surface area (Å²) in [6.45, 7) is 0.165. The third-order valence-corrected chi connectivity index (χ3v) is 4.87. The summed E-state index contributed by atoms with van der Waals surface area (Å²) in [5.74, 6) is -1.92. The van der Waals surface area contributed by atoms with E-state index in [0.717, 1.165) is 0 Å². The summed E-state index contributed by atoms with van der Waals surface area (Å²) in [7, 11) is 0. The molecule has 0 aromatic rings. The van der Waals surface area contributed by atoms with Gasteiger partial charge in [-0.15, -0.1) is 0 Å². The maximum atomic E-state index is 10.8. The number of hydrogen-bond acceptors (Lipinski definition) is 12. The van der Waals surface area contributed by atoms with Crippen LogP contribution in [0, 0.1) is 5.92 Å². The molecule has 0 aliphatic carbocycles. The van der Waals surface area contributed by atoms with E-state index < -0.39 is 79.9 Å². The van der Waals surface area contributed by atoms with Crippen molar-refractivity contribution in [2.24, 2.45) is 5.92 Å². The molecule has 8 N–H and O–H groups in total. The lowest BCUT2D eigenvalue weighted by Gasteiger charge is -2.45. The number of carboxylic acid groups (broad SMARTS) is 1. The molecular formula is C16H28O13. The SMILES string of the molecule is CC(COC[C@H]1O[C@@H](O[C@H]2[C@H](O)[C@@H](O)[C@@H](O)O[C@@H]2CO)[C@H](O)[C@@H](O)[C@H]1O)C(=O)O. The summed E-state index contributed by atoms with van der Waals surface area (Å²) in [6, 6.07) is 0. The molecule has 0 spiro atoms. The van der Waals surface area contributed by atoms with Crippen molar-refractivity contribution in [3.63, 3.8) is 0 Å². The number of hydrogen-bond donors (Lipinski definition) is 8. The van der Waals surface area contributed by atoms with Crippen molar-refractivity contribution in [2.45, 2.75) is 68.3 Å². The summed E-state index contributed by atoms with van der Waals surface area (Å²) in [6.07, 6.45) is -15.9. The van der Waals surface area contributed by atoms with Crippen LogP contribution in [0.3, 0.4) is 0 Å². The third-order valence-electron chi connectivity index (χ3n) is 4.87. The van der Waals surface area contributed by atoms with Crippen molar-refractivity contribution in [3.8, 4) is 0 Å². The Hall–Kier alpha value is -0.970. The molecule has 170 valence electrons. The van der Waals surface area contributed by atoms with Gasteiger partial charge in [-0.05, 0) is 6.92 Å². The number of aliphatic hydroxyl groups is 7. The predicted octanol–water partition coefficient (Wildman–Crippen LogP) is -4.65. The van der Waals surface area contributed by atoms with Crippen LogP contribution in [0.5, 0.6) is 0 Å². The molecule has 1 unspecified atom stereocenters. The highest BCUT2D eigenvalue weighted by atomic mass is 16.7. The monoisotopic (exact) mass is 428 g/mol. The fourth-order valence-electron chi connectivity index (χ4n) is 2.99. The fraction of sp³-hybridized carbons (Fsp3) is 0.938. The van der Waals surface area contributed by atoms with E-state index in [0.29, 0.717) is 0 Å². The van der Waals surface area contributed by atoms with Gasteiger partial charge >= 0.3 is 5.97 Å². The van der Waals surface area contributed by atoms with E-state index in [-0.39, 0.29) is 13.2 Å². The predicted molar refractivity (Wildman–Crippen MR) is 89.2 cm³/mol. The summed E-state index contributed by atoms with van der Waals surface area (Å²) in [4.78, 5) is 10.8. The van der Waals surface area contributed by atoms with Gasteiger partial charge in [-0.25, -0.2) is 0 Å². The number of ether oxygens (including phenoxy) is 4. The van der Waals surface area contributed by atoms with Crippen molar-refractivity contribution < 1.29 is 64.6 Å². The zero-order valence-electron chi connectivity index (χ0n) is 15.6. The standard InChI is InChI=1S/C16H28O13/c1-5(14(23)24)3-26-4-7-8(18)9(19)12(22)16(28-7)29-13-6(2-17)27-15(25)11(21)10(13)20/h5-13,15-22,25H,2-4H2,1H3,(H,23,24)/t5?,6-,7-,8+,9+,10-,11-,12-,13-,15+,16+/m1/s1. The lowest BCUT2D eigenvalue weighted by molar-refractivity contribution is -0.355. The Labute approximate surface area is 165 Å². The minimum absolute atomic E-state index is 0.196. The molecule has 2 saturated heterocycles. The van der Waals surface area contributed by atoms with E-state index in [4.69, 9.17) is 24.1 Å². The third kappa shape index (κ3) is 5.59. The first kappa shape index (κ1) is 24.3. The number of aliphatic hydroxyl groups excluding tert-OH is 7. The zero-order valence-corrected chi connectivity index (χ0v) is 15.6. The molecule has 2 rings (SSSR count). The van der Waals surface area contributed by atoms with Gasteiger partial charge in [0.15, 0.2) is 12.6 Å². The van der Waals surface area contributed by atoms with Crippen LogP contribution in [-0.4, -0.2) is 128 Å². The number of aliphatic carboxylic acids is 1. The molecule has 2 fully saturated rings. The van der Waals surface area contributed by atoms with Gasteiger partial charge in [0.25, 0.3) is 0 Å².